The number of hydrogen-bond donors (Lipinski definition) is 0. The molecule has 5 rings (SSSR count). The molecule has 0 spiro atoms. The Bertz CT molecular complexity index is 1260. The van der Waals surface area contributed by atoms with E-state index in [0.29, 0.717) is 11.1 Å². The van der Waals surface area contributed by atoms with E-state index in [-0.39, 0.29) is 11.6 Å². The highest BCUT2D eigenvalue weighted by Gasteiger charge is 2.18. The minimum atomic E-state index is -2.70. The Balaban J connectivity index is 1.84. The maximum Gasteiger partial charge on any atom is 0.320 e. The summed E-state index contributed by atoms with van der Waals surface area (Å²) in [6.45, 7) is -2.70. The molecule has 4 heterocycles. The normalized spacial score (nSPS) is 11.7. The van der Waals surface area contributed by atoms with Crippen LogP contribution in [0.5, 0.6) is 0 Å². The van der Waals surface area contributed by atoms with Gasteiger partial charge in [0.05, 0.1) is 16.7 Å². The van der Waals surface area contributed by atoms with E-state index >= 15 is 0 Å². The first-order valence-electron chi connectivity index (χ1n) is 8.22. The largest absolute Gasteiger partial charge is 0.320 e. The summed E-state index contributed by atoms with van der Waals surface area (Å²) in [6.07, 6.45) is 6.21. The third-order valence-electron chi connectivity index (χ3n) is 4.37. The van der Waals surface area contributed by atoms with Crippen LogP contribution in [0.25, 0.3) is 39.3 Å². The van der Waals surface area contributed by atoms with Gasteiger partial charge < -0.3 is 0 Å². The van der Waals surface area contributed by atoms with Gasteiger partial charge in [0, 0.05) is 29.5 Å². The molecule has 0 aliphatic carbocycles. The van der Waals surface area contributed by atoms with Crippen molar-refractivity contribution in [3.05, 3.63) is 67.4 Å². The number of para-hydroxylation sites is 2. The van der Waals surface area contributed by atoms with Crippen LogP contribution < -0.4 is 0 Å². The molecular formula is C19H12F2N6. The van der Waals surface area contributed by atoms with Crippen molar-refractivity contribution in [1.82, 2.24) is 29.1 Å². The highest BCUT2D eigenvalue weighted by Crippen LogP contribution is 2.30. The Morgan fingerprint density at radius 1 is 0.963 bits per heavy atom. The SMILES string of the molecule is FC(F)n1ccc2c(-c3cccnc3)nc(-n3cnc4ccccc43)nc21. The van der Waals surface area contributed by atoms with Gasteiger partial charge in [-0.15, -0.1) is 0 Å². The fourth-order valence-electron chi connectivity index (χ4n) is 3.13. The topological polar surface area (TPSA) is 61.4 Å². The number of aromatic nitrogens is 6. The summed E-state index contributed by atoms with van der Waals surface area (Å²) >= 11 is 0. The lowest BCUT2D eigenvalue weighted by Crippen LogP contribution is -2.05. The highest BCUT2D eigenvalue weighted by molar-refractivity contribution is 5.91. The van der Waals surface area contributed by atoms with E-state index in [2.05, 4.69) is 19.9 Å². The predicted octanol–water partition coefficient (Wildman–Crippen LogP) is 4.23. The zero-order valence-corrected chi connectivity index (χ0v) is 13.9. The molecule has 0 aliphatic rings. The molecule has 0 amide bonds. The first-order valence-corrected chi connectivity index (χ1v) is 8.22. The first kappa shape index (κ1) is 15.6. The van der Waals surface area contributed by atoms with E-state index in [4.69, 9.17) is 0 Å². The number of hydrogen-bond acceptors (Lipinski definition) is 4. The molecule has 0 N–H and O–H groups in total. The average molecular weight is 362 g/mol. The molecule has 0 atom stereocenters. The third-order valence-corrected chi connectivity index (χ3v) is 4.37. The lowest BCUT2D eigenvalue weighted by molar-refractivity contribution is 0.0746. The van der Waals surface area contributed by atoms with Crippen molar-refractivity contribution in [2.45, 2.75) is 6.55 Å². The zero-order valence-electron chi connectivity index (χ0n) is 13.9. The van der Waals surface area contributed by atoms with Crippen LogP contribution in [-0.4, -0.2) is 29.1 Å². The van der Waals surface area contributed by atoms with Crippen LogP contribution in [0.4, 0.5) is 8.78 Å². The fraction of sp³-hybridized carbons (Fsp3) is 0.0526. The van der Waals surface area contributed by atoms with Crippen LogP contribution in [0.1, 0.15) is 6.55 Å². The molecular weight excluding hydrogens is 350 g/mol. The summed E-state index contributed by atoms with van der Waals surface area (Å²) in [5.41, 5.74) is 2.99. The van der Waals surface area contributed by atoms with E-state index in [1.807, 2.05) is 30.3 Å². The van der Waals surface area contributed by atoms with Crippen molar-refractivity contribution in [2.75, 3.05) is 0 Å². The lowest BCUT2D eigenvalue weighted by Gasteiger charge is -2.09. The molecule has 132 valence electrons. The summed E-state index contributed by atoms with van der Waals surface area (Å²) in [5, 5.41) is 0.538. The van der Waals surface area contributed by atoms with Gasteiger partial charge in [-0.2, -0.15) is 13.8 Å². The molecule has 0 bridgehead atoms. The molecule has 4 aromatic heterocycles. The van der Waals surface area contributed by atoms with Crippen molar-refractivity contribution in [2.24, 2.45) is 0 Å². The summed E-state index contributed by atoms with van der Waals surface area (Å²) in [7, 11) is 0. The minimum Gasteiger partial charge on any atom is -0.275 e. The summed E-state index contributed by atoms with van der Waals surface area (Å²) in [4.78, 5) is 17.5. The van der Waals surface area contributed by atoms with E-state index in [1.54, 1.807) is 35.4 Å². The molecule has 27 heavy (non-hydrogen) atoms. The number of alkyl halides is 2. The van der Waals surface area contributed by atoms with Crippen molar-refractivity contribution in [3.8, 4) is 17.2 Å². The monoisotopic (exact) mass is 362 g/mol. The number of fused-ring (bicyclic) bond motifs is 2. The Labute approximate surface area is 151 Å². The fourth-order valence-corrected chi connectivity index (χ4v) is 3.13. The molecule has 8 heteroatoms. The molecule has 0 saturated carbocycles. The van der Waals surface area contributed by atoms with Gasteiger partial charge in [-0.25, -0.2) is 9.97 Å². The summed E-state index contributed by atoms with van der Waals surface area (Å²) in [6, 6.07) is 12.7. The molecule has 0 fully saturated rings. The number of imidazole rings is 1. The third kappa shape index (κ3) is 2.45. The van der Waals surface area contributed by atoms with Crippen molar-refractivity contribution in [1.29, 1.82) is 0 Å². The highest BCUT2D eigenvalue weighted by atomic mass is 19.3. The van der Waals surface area contributed by atoms with Crippen LogP contribution in [0, 0.1) is 0 Å². The second kappa shape index (κ2) is 5.94. The first-order chi connectivity index (χ1) is 13.2. The second-order valence-electron chi connectivity index (χ2n) is 5.96. The van der Waals surface area contributed by atoms with Gasteiger partial charge >= 0.3 is 6.55 Å². The molecule has 0 radical (unpaired) electrons. The van der Waals surface area contributed by atoms with E-state index in [1.165, 1.54) is 6.20 Å². The standard InChI is InChI=1S/C19H12F2N6/c20-18(21)26-9-7-13-16(12-4-3-8-22-10-12)24-19(25-17(13)26)27-11-23-14-5-1-2-6-15(14)27/h1-11,18H. The van der Waals surface area contributed by atoms with Gasteiger partial charge in [0.1, 0.15) is 6.33 Å². The molecule has 6 nitrogen and oxygen atoms in total. The van der Waals surface area contributed by atoms with Gasteiger partial charge in [0.2, 0.25) is 5.95 Å². The maximum atomic E-state index is 13.5. The van der Waals surface area contributed by atoms with E-state index in [9.17, 15) is 8.78 Å². The molecule has 0 saturated heterocycles. The quantitative estimate of drug-likeness (QED) is 0.482. The minimum absolute atomic E-state index is 0.159. The van der Waals surface area contributed by atoms with Crippen molar-refractivity contribution in [3.63, 3.8) is 0 Å². The molecule has 1 aromatic carbocycles. The Hall–Kier alpha value is -3.68. The average Bonchev–Trinajstić information content (AvgIpc) is 3.32. The van der Waals surface area contributed by atoms with Crippen LogP contribution >= 0.6 is 0 Å². The van der Waals surface area contributed by atoms with Crippen LogP contribution in [-0.2, 0) is 0 Å². The van der Waals surface area contributed by atoms with Crippen LogP contribution in [0.2, 0.25) is 0 Å². The van der Waals surface area contributed by atoms with Gasteiger partial charge in [0.15, 0.2) is 5.65 Å². The number of benzene rings is 1. The smallest absolute Gasteiger partial charge is 0.275 e. The second-order valence-corrected chi connectivity index (χ2v) is 5.96. The summed E-state index contributed by atoms with van der Waals surface area (Å²) < 4.78 is 29.5. The lowest BCUT2D eigenvalue weighted by atomic mass is 10.1. The van der Waals surface area contributed by atoms with E-state index in [0.717, 1.165) is 21.2 Å². The number of nitrogens with zero attached hydrogens (tertiary/aromatic N) is 6. The zero-order chi connectivity index (χ0) is 18.4. The van der Waals surface area contributed by atoms with Crippen LogP contribution in [0.15, 0.2) is 67.4 Å². The Morgan fingerprint density at radius 2 is 1.85 bits per heavy atom. The van der Waals surface area contributed by atoms with Gasteiger partial charge in [-0.3, -0.25) is 14.1 Å². The Kier molecular flexibility index (Phi) is 3.43. The number of halogens is 2. The predicted molar refractivity (Wildman–Crippen MR) is 96.6 cm³/mol. The summed E-state index contributed by atoms with van der Waals surface area (Å²) in [5.74, 6) is 0.274. The Morgan fingerprint density at radius 3 is 2.67 bits per heavy atom. The number of pyridine rings is 1. The van der Waals surface area contributed by atoms with Crippen molar-refractivity contribution < 1.29 is 8.78 Å². The molecule has 0 unspecified atom stereocenters. The van der Waals surface area contributed by atoms with Gasteiger partial charge in [-0.05, 0) is 30.3 Å². The van der Waals surface area contributed by atoms with Gasteiger partial charge in [0.25, 0.3) is 0 Å². The van der Waals surface area contributed by atoms with E-state index < -0.39 is 6.55 Å². The van der Waals surface area contributed by atoms with Gasteiger partial charge in [-0.1, -0.05) is 12.1 Å². The number of rotatable bonds is 3. The molecule has 0 aliphatic heterocycles. The van der Waals surface area contributed by atoms with Crippen LogP contribution in [0.3, 0.4) is 0 Å². The molecule has 5 aromatic rings. The maximum absolute atomic E-state index is 13.5. The van der Waals surface area contributed by atoms with Crippen molar-refractivity contribution >= 4 is 22.1 Å².